The van der Waals surface area contributed by atoms with E-state index in [9.17, 15) is 4.79 Å². The summed E-state index contributed by atoms with van der Waals surface area (Å²) in [6.07, 6.45) is 4.47. The smallest absolute Gasteiger partial charge is 0.253 e. The van der Waals surface area contributed by atoms with Crippen LogP contribution in [0.1, 0.15) is 37.1 Å². The molecule has 2 aromatic heterocycles. The Balaban J connectivity index is 1.86. The van der Waals surface area contributed by atoms with Gasteiger partial charge in [0.2, 0.25) is 0 Å². The first kappa shape index (κ1) is 17.0. The molecule has 2 heterocycles. The first-order chi connectivity index (χ1) is 12.5. The maximum atomic E-state index is 12.0. The quantitative estimate of drug-likeness (QED) is 0.705. The SMILES string of the molecule is COC(C)Cn1c(C2CC2)nc2ccc(-c3cc(C)c(=O)n(C)c3)cc21. The number of fused-ring (bicyclic) bond motifs is 1. The average Bonchev–Trinajstić information content (AvgIpc) is 3.42. The maximum Gasteiger partial charge on any atom is 0.253 e. The second-order valence-corrected chi connectivity index (χ2v) is 7.43. The van der Waals surface area contributed by atoms with Crippen molar-refractivity contribution in [2.75, 3.05) is 7.11 Å². The Morgan fingerprint density at radius 1 is 1.27 bits per heavy atom. The van der Waals surface area contributed by atoms with Gasteiger partial charge in [-0.3, -0.25) is 4.79 Å². The summed E-state index contributed by atoms with van der Waals surface area (Å²) >= 11 is 0. The molecule has 26 heavy (non-hydrogen) atoms. The third-order valence-electron chi connectivity index (χ3n) is 5.26. The summed E-state index contributed by atoms with van der Waals surface area (Å²) < 4.78 is 9.47. The minimum atomic E-state index is 0.0461. The molecule has 1 saturated carbocycles. The number of imidazole rings is 1. The number of hydrogen-bond donors (Lipinski definition) is 0. The van der Waals surface area contributed by atoms with Gasteiger partial charge < -0.3 is 13.9 Å². The summed E-state index contributed by atoms with van der Waals surface area (Å²) in [5, 5.41) is 0. The van der Waals surface area contributed by atoms with Gasteiger partial charge in [0.15, 0.2) is 0 Å². The molecular weight excluding hydrogens is 326 g/mol. The molecular formula is C21H25N3O2. The van der Waals surface area contributed by atoms with E-state index in [0.29, 0.717) is 5.92 Å². The molecule has 0 radical (unpaired) electrons. The van der Waals surface area contributed by atoms with E-state index in [1.54, 1.807) is 18.7 Å². The van der Waals surface area contributed by atoms with Gasteiger partial charge in [0.05, 0.1) is 23.7 Å². The van der Waals surface area contributed by atoms with Gasteiger partial charge >= 0.3 is 0 Å². The minimum absolute atomic E-state index is 0.0461. The summed E-state index contributed by atoms with van der Waals surface area (Å²) in [4.78, 5) is 16.9. The van der Waals surface area contributed by atoms with Gasteiger partial charge in [0.1, 0.15) is 5.82 Å². The lowest BCUT2D eigenvalue weighted by molar-refractivity contribution is 0.103. The molecule has 0 aliphatic heterocycles. The third kappa shape index (κ3) is 2.97. The highest BCUT2D eigenvalue weighted by Crippen LogP contribution is 2.41. The maximum absolute atomic E-state index is 12.0. The fourth-order valence-electron chi connectivity index (χ4n) is 3.53. The lowest BCUT2D eigenvalue weighted by Crippen LogP contribution is -2.18. The van der Waals surface area contributed by atoms with E-state index in [0.717, 1.165) is 34.3 Å². The molecule has 1 aromatic carbocycles. The van der Waals surface area contributed by atoms with Crippen molar-refractivity contribution < 1.29 is 4.74 Å². The van der Waals surface area contributed by atoms with Crippen LogP contribution in [0.4, 0.5) is 0 Å². The van der Waals surface area contributed by atoms with E-state index in [2.05, 4.69) is 29.7 Å². The van der Waals surface area contributed by atoms with Crippen molar-refractivity contribution in [1.82, 2.24) is 14.1 Å². The Labute approximate surface area is 153 Å². The van der Waals surface area contributed by atoms with E-state index in [1.165, 1.54) is 18.7 Å². The van der Waals surface area contributed by atoms with Gasteiger partial charge in [-0.1, -0.05) is 6.07 Å². The second kappa shape index (κ2) is 6.40. The predicted molar refractivity (Wildman–Crippen MR) is 104 cm³/mol. The van der Waals surface area contributed by atoms with Crippen LogP contribution in [-0.2, 0) is 18.3 Å². The fraction of sp³-hybridized carbons (Fsp3) is 0.429. The van der Waals surface area contributed by atoms with Gasteiger partial charge in [-0.05, 0) is 56.0 Å². The number of benzene rings is 1. The van der Waals surface area contributed by atoms with Crippen LogP contribution in [0, 0.1) is 6.92 Å². The van der Waals surface area contributed by atoms with Gasteiger partial charge in [0, 0.05) is 31.8 Å². The van der Waals surface area contributed by atoms with Crippen LogP contribution in [0.25, 0.3) is 22.2 Å². The molecule has 0 amide bonds. The Hall–Kier alpha value is -2.40. The molecule has 0 bridgehead atoms. The second-order valence-electron chi connectivity index (χ2n) is 7.43. The summed E-state index contributed by atoms with van der Waals surface area (Å²) in [7, 11) is 3.55. The van der Waals surface area contributed by atoms with Crippen molar-refractivity contribution in [3.05, 3.63) is 52.2 Å². The van der Waals surface area contributed by atoms with E-state index in [1.807, 2.05) is 19.2 Å². The standard InChI is InChI=1S/C21H25N3O2/c1-13-9-17(12-23(3)21(13)25)16-7-8-18-19(10-16)24(11-14(2)26-4)20(22-18)15-5-6-15/h7-10,12,14-15H,5-6,11H2,1-4H3. The molecule has 3 aromatic rings. The van der Waals surface area contributed by atoms with Gasteiger partial charge in [-0.15, -0.1) is 0 Å². The molecule has 5 nitrogen and oxygen atoms in total. The van der Waals surface area contributed by atoms with Crippen molar-refractivity contribution in [2.24, 2.45) is 7.05 Å². The number of nitrogens with zero attached hydrogens (tertiary/aromatic N) is 3. The first-order valence-corrected chi connectivity index (χ1v) is 9.18. The van der Waals surface area contributed by atoms with E-state index in [-0.39, 0.29) is 11.7 Å². The zero-order valence-corrected chi connectivity index (χ0v) is 15.8. The lowest BCUT2D eigenvalue weighted by Gasteiger charge is -2.14. The normalized spacial score (nSPS) is 15.5. The summed E-state index contributed by atoms with van der Waals surface area (Å²) in [6.45, 7) is 4.75. The topological polar surface area (TPSA) is 49.1 Å². The Morgan fingerprint density at radius 3 is 2.69 bits per heavy atom. The minimum Gasteiger partial charge on any atom is -0.380 e. The van der Waals surface area contributed by atoms with E-state index < -0.39 is 0 Å². The van der Waals surface area contributed by atoms with Crippen molar-refractivity contribution in [3.8, 4) is 11.1 Å². The summed E-state index contributed by atoms with van der Waals surface area (Å²) in [6, 6.07) is 8.33. The van der Waals surface area contributed by atoms with Crippen molar-refractivity contribution >= 4 is 11.0 Å². The number of aryl methyl sites for hydroxylation is 2. The van der Waals surface area contributed by atoms with Crippen LogP contribution in [0.2, 0.25) is 0 Å². The zero-order valence-electron chi connectivity index (χ0n) is 15.8. The number of methoxy groups -OCH3 is 1. The zero-order chi connectivity index (χ0) is 18.4. The van der Waals surface area contributed by atoms with Crippen molar-refractivity contribution in [2.45, 2.75) is 45.3 Å². The monoisotopic (exact) mass is 351 g/mol. The highest BCUT2D eigenvalue weighted by molar-refractivity contribution is 5.83. The average molecular weight is 351 g/mol. The summed E-state index contributed by atoms with van der Waals surface area (Å²) in [5.41, 5.74) is 5.12. The molecule has 1 fully saturated rings. The molecule has 136 valence electrons. The number of ether oxygens (including phenoxy) is 1. The molecule has 1 aliphatic rings. The number of hydrogen-bond acceptors (Lipinski definition) is 3. The van der Waals surface area contributed by atoms with Crippen LogP contribution >= 0.6 is 0 Å². The highest BCUT2D eigenvalue weighted by atomic mass is 16.5. The molecule has 5 heteroatoms. The summed E-state index contributed by atoms with van der Waals surface area (Å²) in [5.74, 6) is 1.76. The number of pyridine rings is 1. The fourth-order valence-corrected chi connectivity index (χ4v) is 3.53. The number of aromatic nitrogens is 3. The molecule has 0 saturated heterocycles. The molecule has 0 N–H and O–H groups in total. The highest BCUT2D eigenvalue weighted by Gasteiger charge is 2.30. The van der Waals surface area contributed by atoms with Crippen LogP contribution in [-0.4, -0.2) is 27.3 Å². The van der Waals surface area contributed by atoms with Crippen LogP contribution in [0.15, 0.2) is 35.3 Å². The Morgan fingerprint density at radius 2 is 2.04 bits per heavy atom. The van der Waals surface area contributed by atoms with Crippen LogP contribution in [0.5, 0.6) is 0 Å². The number of rotatable bonds is 5. The van der Waals surface area contributed by atoms with Gasteiger partial charge in [-0.25, -0.2) is 4.98 Å². The van der Waals surface area contributed by atoms with Crippen LogP contribution in [0.3, 0.4) is 0 Å². The van der Waals surface area contributed by atoms with E-state index in [4.69, 9.17) is 9.72 Å². The van der Waals surface area contributed by atoms with Gasteiger partial charge in [0.25, 0.3) is 5.56 Å². The largest absolute Gasteiger partial charge is 0.380 e. The van der Waals surface area contributed by atoms with E-state index >= 15 is 0 Å². The Bertz CT molecular complexity index is 1000. The molecule has 4 rings (SSSR count). The van der Waals surface area contributed by atoms with Crippen molar-refractivity contribution in [3.63, 3.8) is 0 Å². The van der Waals surface area contributed by atoms with Gasteiger partial charge in [-0.2, -0.15) is 0 Å². The predicted octanol–water partition coefficient (Wildman–Crippen LogP) is 3.62. The molecule has 1 atom stereocenters. The molecule has 0 spiro atoms. The molecule has 1 unspecified atom stereocenters. The van der Waals surface area contributed by atoms with Crippen molar-refractivity contribution in [1.29, 1.82) is 0 Å². The third-order valence-corrected chi connectivity index (χ3v) is 5.26. The lowest BCUT2D eigenvalue weighted by atomic mass is 10.1. The molecule has 1 aliphatic carbocycles. The van der Waals surface area contributed by atoms with Crippen LogP contribution < -0.4 is 5.56 Å². The first-order valence-electron chi connectivity index (χ1n) is 9.18. The Kier molecular flexibility index (Phi) is 4.19.